The van der Waals surface area contributed by atoms with Crippen molar-refractivity contribution in [3.63, 3.8) is 0 Å². The van der Waals surface area contributed by atoms with Crippen LogP contribution in [0.1, 0.15) is 5.56 Å². The van der Waals surface area contributed by atoms with Crippen molar-refractivity contribution in [1.29, 1.82) is 0 Å². The molecule has 0 spiro atoms. The van der Waals surface area contributed by atoms with Crippen LogP contribution in [0, 0.1) is 6.92 Å². The third-order valence-corrected chi connectivity index (χ3v) is 3.34. The van der Waals surface area contributed by atoms with E-state index in [1.54, 1.807) is 4.57 Å². The maximum Gasteiger partial charge on any atom is 0.328 e. The van der Waals surface area contributed by atoms with Gasteiger partial charge in [0.25, 0.3) is 0 Å². The molecule has 4 heteroatoms. The Morgan fingerprint density at radius 3 is 2.78 bits per heavy atom. The largest absolute Gasteiger partial charge is 0.378 e. The van der Waals surface area contributed by atoms with Gasteiger partial charge in [0.15, 0.2) is 0 Å². The van der Waals surface area contributed by atoms with Crippen LogP contribution in [0.5, 0.6) is 0 Å². The van der Waals surface area contributed by atoms with Crippen LogP contribution < -0.4 is 0 Å². The molecule has 2 aromatic rings. The number of aryl methyl sites for hydroxylation is 1. The van der Waals surface area contributed by atoms with Gasteiger partial charge in [0.2, 0.25) is 0 Å². The first-order valence-corrected chi connectivity index (χ1v) is 6.20. The molecule has 0 unspecified atom stereocenters. The first kappa shape index (κ1) is 11.3. The molecule has 4 nitrogen and oxygen atoms in total. The van der Waals surface area contributed by atoms with E-state index in [0.717, 1.165) is 16.5 Å². The van der Waals surface area contributed by atoms with Crippen molar-refractivity contribution >= 4 is 16.9 Å². The molecular formula is C14H16N2O2. The summed E-state index contributed by atoms with van der Waals surface area (Å²) in [6.45, 7) is 4.64. The van der Waals surface area contributed by atoms with Crippen LogP contribution in [0.25, 0.3) is 10.9 Å². The molecule has 0 aliphatic carbocycles. The molecule has 3 rings (SSSR count). The van der Waals surface area contributed by atoms with Crippen molar-refractivity contribution in [3.05, 3.63) is 36.0 Å². The van der Waals surface area contributed by atoms with Crippen molar-refractivity contribution in [3.8, 4) is 0 Å². The number of ether oxygens (including phenoxy) is 1. The number of hydrogen-bond acceptors (Lipinski definition) is 2. The Morgan fingerprint density at radius 2 is 2.00 bits per heavy atom. The summed E-state index contributed by atoms with van der Waals surface area (Å²) >= 11 is 0. The highest BCUT2D eigenvalue weighted by molar-refractivity contribution is 5.92. The highest BCUT2D eigenvalue weighted by atomic mass is 16.5. The van der Waals surface area contributed by atoms with Gasteiger partial charge in [-0.3, -0.25) is 4.57 Å². The summed E-state index contributed by atoms with van der Waals surface area (Å²) in [6.07, 6.45) is 1.85. The quantitative estimate of drug-likeness (QED) is 0.712. The van der Waals surface area contributed by atoms with Crippen LogP contribution in [0.2, 0.25) is 0 Å². The minimum Gasteiger partial charge on any atom is -0.378 e. The van der Waals surface area contributed by atoms with Crippen LogP contribution in [0.3, 0.4) is 0 Å². The average molecular weight is 244 g/mol. The van der Waals surface area contributed by atoms with Gasteiger partial charge in [0.05, 0.1) is 18.7 Å². The van der Waals surface area contributed by atoms with Gasteiger partial charge in [-0.2, -0.15) is 0 Å². The highest BCUT2D eigenvalue weighted by Crippen LogP contribution is 2.18. The lowest BCUT2D eigenvalue weighted by molar-refractivity contribution is 0.0538. The predicted octanol–water partition coefficient (Wildman–Crippen LogP) is 2.25. The molecule has 1 aromatic carbocycles. The first-order valence-electron chi connectivity index (χ1n) is 6.20. The number of morpholine rings is 1. The van der Waals surface area contributed by atoms with Gasteiger partial charge in [-0.1, -0.05) is 12.1 Å². The van der Waals surface area contributed by atoms with E-state index in [4.69, 9.17) is 4.74 Å². The van der Waals surface area contributed by atoms with E-state index in [9.17, 15) is 4.79 Å². The van der Waals surface area contributed by atoms with Gasteiger partial charge >= 0.3 is 6.03 Å². The van der Waals surface area contributed by atoms with Gasteiger partial charge in [0, 0.05) is 24.7 Å². The van der Waals surface area contributed by atoms with Gasteiger partial charge < -0.3 is 9.64 Å². The summed E-state index contributed by atoms with van der Waals surface area (Å²) in [5, 5.41) is 1.10. The minimum atomic E-state index is 0.0406. The first-order chi connectivity index (χ1) is 8.75. The number of carbonyl (C=O) groups excluding carboxylic acids is 1. The van der Waals surface area contributed by atoms with Crippen molar-refractivity contribution in [2.24, 2.45) is 0 Å². The minimum absolute atomic E-state index is 0.0406. The van der Waals surface area contributed by atoms with Gasteiger partial charge in [-0.25, -0.2) is 4.79 Å². The van der Waals surface area contributed by atoms with E-state index >= 15 is 0 Å². The van der Waals surface area contributed by atoms with Gasteiger partial charge in [-0.15, -0.1) is 0 Å². The fourth-order valence-electron chi connectivity index (χ4n) is 2.31. The van der Waals surface area contributed by atoms with Crippen LogP contribution in [-0.2, 0) is 4.74 Å². The molecule has 0 N–H and O–H groups in total. The number of nitrogens with zero attached hydrogens (tertiary/aromatic N) is 2. The van der Waals surface area contributed by atoms with Crippen LogP contribution in [0.4, 0.5) is 4.79 Å². The predicted molar refractivity (Wildman–Crippen MR) is 69.9 cm³/mol. The lowest BCUT2D eigenvalue weighted by Gasteiger charge is -2.27. The number of aromatic nitrogens is 1. The summed E-state index contributed by atoms with van der Waals surface area (Å²) in [7, 11) is 0. The molecular weight excluding hydrogens is 228 g/mol. The van der Waals surface area contributed by atoms with E-state index in [-0.39, 0.29) is 6.03 Å². The van der Waals surface area contributed by atoms with Gasteiger partial charge in [0.1, 0.15) is 0 Å². The molecule has 94 valence electrons. The number of fused-ring (bicyclic) bond motifs is 1. The molecule has 0 bridgehead atoms. The zero-order valence-corrected chi connectivity index (χ0v) is 10.4. The van der Waals surface area contributed by atoms with Crippen molar-refractivity contribution < 1.29 is 9.53 Å². The van der Waals surface area contributed by atoms with Gasteiger partial charge in [-0.05, 0) is 24.6 Å². The third-order valence-electron chi connectivity index (χ3n) is 3.34. The normalized spacial score (nSPS) is 16.2. The summed E-state index contributed by atoms with van der Waals surface area (Å²) in [4.78, 5) is 14.3. The molecule has 1 aliphatic rings. The summed E-state index contributed by atoms with van der Waals surface area (Å²) in [5.74, 6) is 0. The molecule has 1 amide bonds. The summed E-state index contributed by atoms with van der Waals surface area (Å²) in [5.41, 5.74) is 2.14. The molecule has 0 atom stereocenters. The maximum atomic E-state index is 12.4. The van der Waals surface area contributed by atoms with E-state index in [1.165, 1.54) is 0 Å². The van der Waals surface area contributed by atoms with E-state index < -0.39 is 0 Å². The molecule has 0 radical (unpaired) electrons. The Labute approximate surface area is 106 Å². The zero-order chi connectivity index (χ0) is 12.5. The molecule has 1 aromatic heterocycles. The lowest BCUT2D eigenvalue weighted by Crippen LogP contribution is -2.42. The average Bonchev–Trinajstić information content (AvgIpc) is 2.82. The second-order valence-electron chi connectivity index (χ2n) is 4.63. The van der Waals surface area contributed by atoms with E-state index in [1.807, 2.05) is 36.2 Å². The molecule has 1 aliphatic heterocycles. The van der Waals surface area contributed by atoms with E-state index in [0.29, 0.717) is 26.3 Å². The fourth-order valence-corrected chi connectivity index (χ4v) is 2.31. The Kier molecular flexibility index (Phi) is 2.80. The van der Waals surface area contributed by atoms with Crippen molar-refractivity contribution in [1.82, 2.24) is 9.47 Å². The van der Waals surface area contributed by atoms with Crippen molar-refractivity contribution in [2.45, 2.75) is 6.92 Å². The Hall–Kier alpha value is -1.81. The Bertz CT molecular complexity index is 582. The Morgan fingerprint density at radius 1 is 1.22 bits per heavy atom. The molecule has 0 saturated carbocycles. The number of amides is 1. The maximum absolute atomic E-state index is 12.4. The smallest absolute Gasteiger partial charge is 0.328 e. The second kappa shape index (κ2) is 4.46. The molecule has 18 heavy (non-hydrogen) atoms. The zero-order valence-electron chi connectivity index (χ0n) is 10.4. The van der Waals surface area contributed by atoms with Crippen LogP contribution >= 0.6 is 0 Å². The molecule has 1 saturated heterocycles. The fraction of sp³-hybridized carbons (Fsp3) is 0.357. The number of rotatable bonds is 0. The number of benzene rings is 1. The van der Waals surface area contributed by atoms with Crippen LogP contribution in [0.15, 0.2) is 30.5 Å². The monoisotopic (exact) mass is 244 g/mol. The number of carbonyl (C=O) groups is 1. The Balaban J connectivity index is 1.98. The van der Waals surface area contributed by atoms with E-state index in [2.05, 4.69) is 6.07 Å². The molecule has 2 heterocycles. The standard InChI is InChI=1S/C14H16N2O2/c1-11-2-3-12-4-5-16(13(12)10-11)14(17)15-6-8-18-9-7-15/h2-5,10H,6-9H2,1H3. The SMILES string of the molecule is Cc1ccc2ccn(C(=O)N3CCOCC3)c2c1. The third kappa shape index (κ3) is 1.88. The van der Waals surface area contributed by atoms with Crippen LogP contribution in [-0.4, -0.2) is 41.8 Å². The lowest BCUT2D eigenvalue weighted by atomic mass is 10.2. The summed E-state index contributed by atoms with van der Waals surface area (Å²) in [6, 6.07) is 8.18. The topological polar surface area (TPSA) is 34.5 Å². The summed E-state index contributed by atoms with van der Waals surface area (Å²) < 4.78 is 7.00. The highest BCUT2D eigenvalue weighted by Gasteiger charge is 2.19. The number of hydrogen-bond donors (Lipinski definition) is 0. The van der Waals surface area contributed by atoms with Crippen molar-refractivity contribution in [2.75, 3.05) is 26.3 Å². The second-order valence-corrected chi connectivity index (χ2v) is 4.63. The molecule has 1 fully saturated rings.